The summed E-state index contributed by atoms with van der Waals surface area (Å²) in [4.78, 5) is 30.2. The molecule has 9 nitrogen and oxygen atoms in total. The first-order chi connectivity index (χ1) is 14.5. The van der Waals surface area contributed by atoms with E-state index in [2.05, 4.69) is 15.2 Å². The van der Waals surface area contributed by atoms with E-state index in [1.54, 1.807) is 25.2 Å². The van der Waals surface area contributed by atoms with E-state index in [0.29, 0.717) is 11.5 Å². The highest BCUT2D eigenvalue weighted by Gasteiger charge is 2.21. The van der Waals surface area contributed by atoms with Gasteiger partial charge in [-0.15, -0.1) is 0 Å². The monoisotopic (exact) mass is 405 g/mol. The van der Waals surface area contributed by atoms with Gasteiger partial charge in [0.25, 0.3) is 5.56 Å². The van der Waals surface area contributed by atoms with Crippen LogP contribution in [0.25, 0.3) is 11.3 Å². The van der Waals surface area contributed by atoms with Crippen molar-refractivity contribution in [3.63, 3.8) is 0 Å². The van der Waals surface area contributed by atoms with E-state index in [1.807, 2.05) is 31.2 Å². The molecule has 3 heterocycles. The maximum absolute atomic E-state index is 12.5. The molecule has 0 atom stereocenters. The summed E-state index contributed by atoms with van der Waals surface area (Å²) < 4.78 is 11.6. The molecule has 1 aromatic carbocycles. The minimum absolute atomic E-state index is 0.0167. The normalized spacial score (nSPS) is 10.9. The van der Waals surface area contributed by atoms with Crippen molar-refractivity contribution in [1.29, 1.82) is 0 Å². The van der Waals surface area contributed by atoms with Crippen molar-refractivity contribution in [2.24, 2.45) is 0 Å². The average molecular weight is 405 g/mol. The molecule has 152 valence electrons. The van der Waals surface area contributed by atoms with Crippen molar-refractivity contribution in [3.05, 3.63) is 88.2 Å². The van der Waals surface area contributed by atoms with Gasteiger partial charge < -0.3 is 13.8 Å². The zero-order valence-electron chi connectivity index (χ0n) is 16.5. The Balaban J connectivity index is 1.50. The van der Waals surface area contributed by atoms with Gasteiger partial charge in [0.2, 0.25) is 0 Å². The van der Waals surface area contributed by atoms with Crippen molar-refractivity contribution in [1.82, 2.24) is 24.8 Å². The molecule has 4 rings (SSSR count). The number of carbonyl (C=O) groups excluding carboxylic acids is 1. The smallest absolute Gasteiger partial charge is 0.316 e. The molecule has 0 aliphatic carbocycles. The molecule has 0 unspecified atom stereocenters. The van der Waals surface area contributed by atoms with Gasteiger partial charge in [0, 0.05) is 18.7 Å². The maximum Gasteiger partial charge on any atom is 0.316 e. The standard InChI is InChI=1S/C21H19N5O4/c1-14-5-7-15(8-6-14)17-9-10-19(27)26(23-17)13-18-22-20(30-24-18)21(28)25(2)12-16-4-3-11-29-16/h3-11H,12-13H2,1-2H3. The van der Waals surface area contributed by atoms with E-state index in [-0.39, 0.29) is 30.4 Å². The second-order valence-corrected chi connectivity index (χ2v) is 6.84. The third kappa shape index (κ3) is 4.19. The fourth-order valence-electron chi connectivity index (χ4n) is 2.85. The highest BCUT2D eigenvalue weighted by atomic mass is 16.5. The van der Waals surface area contributed by atoms with Crippen LogP contribution in [0.2, 0.25) is 0 Å². The van der Waals surface area contributed by atoms with Gasteiger partial charge in [0.05, 0.1) is 18.5 Å². The largest absolute Gasteiger partial charge is 0.467 e. The SMILES string of the molecule is Cc1ccc(-c2ccc(=O)n(Cc3noc(C(=O)N(C)Cc4ccco4)n3)n2)cc1. The summed E-state index contributed by atoms with van der Waals surface area (Å²) >= 11 is 0. The second kappa shape index (κ2) is 8.16. The molecule has 1 amide bonds. The first kappa shape index (κ1) is 19.3. The molecule has 30 heavy (non-hydrogen) atoms. The highest BCUT2D eigenvalue weighted by Crippen LogP contribution is 2.16. The van der Waals surface area contributed by atoms with Gasteiger partial charge in [-0.2, -0.15) is 10.1 Å². The molecule has 0 N–H and O–H groups in total. The lowest BCUT2D eigenvalue weighted by molar-refractivity contribution is 0.0726. The predicted molar refractivity (Wildman–Crippen MR) is 107 cm³/mol. The lowest BCUT2D eigenvalue weighted by Gasteiger charge is -2.12. The number of rotatable bonds is 6. The van der Waals surface area contributed by atoms with Crippen LogP contribution >= 0.6 is 0 Å². The summed E-state index contributed by atoms with van der Waals surface area (Å²) in [7, 11) is 1.60. The van der Waals surface area contributed by atoms with E-state index >= 15 is 0 Å². The third-order valence-electron chi connectivity index (χ3n) is 4.48. The molecular weight excluding hydrogens is 386 g/mol. The highest BCUT2D eigenvalue weighted by molar-refractivity contribution is 5.89. The first-order valence-electron chi connectivity index (χ1n) is 9.25. The summed E-state index contributed by atoms with van der Waals surface area (Å²) in [6, 6.07) is 14.4. The van der Waals surface area contributed by atoms with Crippen LogP contribution in [0, 0.1) is 6.92 Å². The topological polar surface area (TPSA) is 107 Å². The Labute approximate surface area is 171 Å². The summed E-state index contributed by atoms with van der Waals surface area (Å²) in [6.45, 7) is 2.25. The van der Waals surface area contributed by atoms with Gasteiger partial charge in [-0.25, -0.2) is 4.68 Å². The fourth-order valence-corrected chi connectivity index (χ4v) is 2.85. The summed E-state index contributed by atoms with van der Waals surface area (Å²) in [5, 5.41) is 8.19. The zero-order chi connectivity index (χ0) is 21.1. The zero-order valence-corrected chi connectivity index (χ0v) is 16.5. The number of aryl methyl sites for hydroxylation is 1. The van der Waals surface area contributed by atoms with Gasteiger partial charge in [-0.05, 0) is 25.1 Å². The van der Waals surface area contributed by atoms with E-state index in [9.17, 15) is 9.59 Å². The van der Waals surface area contributed by atoms with Gasteiger partial charge >= 0.3 is 11.8 Å². The molecule has 0 saturated carbocycles. The molecule has 0 saturated heterocycles. The van der Waals surface area contributed by atoms with Crippen LogP contribution in [0.3, 0.4) is 0 Å². The van der Waals surface area contributed by atoms with Crippen LogP contribution in [0.5, 0.6) is 0 Å². The molecule has 0 radical (unpaired) electrons. The van der Waals surface area contributed by atoms with Gasteiger partial charge in [-0.1, -0.05) is 35.0 Å². The Kier molecular flexibility index (Phi) is 5.25. The minimum atomic E-state index is -0.445. The fraction of sp³-hybridized carbons (Fsp3) is 0.190. The van der Waals surface area contributed by atoms with E-state index in [1.165, 1.54) is 21.9 Å². The quantitative estimate of drug-likeness (QED) is 0.485. The Bertz CT molecular complexity index is 1210. The summed E-state index contributed by atoms with van der Waals surface area (Å²) in [5.41, 5.74) is 2.36. The Morgan fingerprint density at radius 1 is 1.13 bits per heavy atom. The maximum atomic E-state index is 12.5. The van der Waals surface area contributed by atoms with Crippen molar-refractivity contribution in [2.75, 3.05) is 7.05 Å². The Morgan fingerprint density at radius 3 is 2.67 bits per heavy atom. The Hall–Kier alpha value is -4.01. The van der Waals surface area contributed by atoms with Crippen LogP contribution in [-0.2, 0) is 13.1 Å². The lowest BCUT2D eigenvalue weighted by Crippen LogP contribution is -2.26. The van der Waals surface area contributed by atoms with Crippen molar-refractivity contribution in [2.45, 2.75) is 20.0 Å². The predicted octanol–water partition coefficient (Wildman–Crippen LogP) is 2.52. The van der Waals surface area contributed by atoms with Gasteiger partial charge in [-0.3, -0.25) is 9.59 Å². The summed E-state index contributed by atoms with van der Waals surface area (Å²) in [5.74, 6) is 0.204. The molecule has 0 aliphatic heterocycles. The van der Waals surface area contributed by atoms with Crippen molar-refractivity contribution in [3.8, 4) is 11.3 Å². The van der Waals surface area contributed by atoms with Crippen LogP contribution in [-0.4, -0.2) is 37.8 Å². The lowest BCUT2D eigenvalue weighted by atomic mass is 10.1. The molecule has 9 heteroatoms. The van der Waals surface area contributed by atoms with E-state index in [0.717, 1.165) is 11.1 Å². The molecule has 0 fully saturated rings. The number of aromatic nitrogens is 4. The average Bonchev–Trinajstić information content (AvgIpc) is 3.42. The van der Waals surface area contributed by atoms with Crippen LogP contribution in [0.15, 0.2) is 68.5 Å². The van der Waals surface area contributed by atoms with Crippen molar-refractivity contribution < 1.29 is 13.7 Å². The number of benzene rings is 1. The molecule has 0 spiro atoms. The van der Waals surface area contributed by atoms with Gasteiger partial charge in [0.1, 0.15) is 12.3 Å². The molecule has 0 bridgehead atoms. The number of amides is 1. The van der Waals surface area contributed by atoms with E-state index < -0.39 is 5.91 Å². The third-order valence-corrected chi connectivity index (χ3v) is 4.48. The number of carbonyl (C=O) groups is 1. The Morgan fingerprint density at radius 2 is 1.93 bits per heavy atom. The summed E-state index contributed by atoms with van der Waals surface area (Å²) in [6.07, 6.45) is 1.54. The molecule has 4 aromatic rings. The van der Waals surface area contributed by atoms with Gasteiger partial charge in [0.15, 0.2) is 5.82 Å². The minimum Gasteiger partial charge on any atom is -0.467 e. The van der Waals surface area contributed by atoms with Crippen LogP contribution in [0.4, 0.5) is 0 Å². The van der Waals surface area contributed by atoms with Crippen molar-refractivity contribution >= 4 is 5.91 Å². The van der Waals surface area contributed by atoms with Crippen LogP contribution in [0.1, 0.15) is 27.8 Å². The number of furan rings is 1. The molecule has 3 aromatic heterocycles. The molecule has 0 aliphatic rings. The number of hydrogen-bond donors (Lipinski definition) is 0. The van der Waals surface area contributed by atoms with E-state index in [4.69, 9.17) is 8.94 Å². The second-order valence-electron chi connectivity index (χ2n) is 6.84. The number of hydrogen-bond acceptors (Lipinski definition) is 7. The molecular formula is C21H19N5O4. The first-order valence-corrected chi connectivity index (χ1v) is 9.25. The van der Waals surface area contributed by atoms with Crippen LogP contribution < -0.4 is 5.56 Å². The number of nitrogens with zero attached hydrogens (tertiary/aromatic N) is 5.